The topological polar surface area (TPSA) is 9.23 Å². The van der Waals surface area contributed by atoms with Gasteiger partial charge in [0, 0.05) is 0 Å². The predicted octanol–water partition coefficient (Wildman–Crippen LogP) is 3.14. The van der Waals surface area contributed by atoms with Gasteiger partial charge in [0.1, 0.15) is 0 Å². The van der Waals surface area contributed by atoms with E-state index >= 15 is 0 Å². The zero-order chi connectivity index (χ0) is 9.31. The molecular formula is C10H18OS2. The van der Waals surface area contributed by atoms with Crippen LogP contribution in [0, 0.1) is 0 Å². The SMILES string of the molecule is CC[C@H]1O[C@H](C)CC12SCCCS2. The molecule has 0 saturated carbocycles. The van der Waals surface area contributed by atoms with Crippen LogP contribution in [0.5, 0.6) is 0 Å². The molecule has 0 N–H and O–H groups in total. The first kappa shape index (κ1) is 10.2. The molecule has 2 fully saturated rings. The van der Waals surface area contributed by atoms with Gasteiger partial charge in [-0.15, -0.1) is 23.5 Å². The first-order chi connectivity index (χ1) is 6.27. The second kappa shape index (κ2) is 4.03. The van der Waals surface area contributed by atoms with Gasteiger partial charge < -0.3 is 4.74 Å². The third-order valence-electron chi connectivity index (χ3n) is 2.81. The Hall–Kier alpha value is 0.660. The van der Waals surface area contributed by atoms with Crippen LogP contribution in [0.1, 0.15) is 33.1 Å². The molecule has 0 radical (unpaired) electrons. The molecule has 0 aliphatic carbocycles. The molecule has 2 aliphatic rings. The number of thioether (sulfide) groups is 2. The lowest BCUT2D eigenvalue weighted by molar-refractivity contribution is 0.0531. The molecule has 3 heteroatoms. The third kappa shape index (κ3) is 1.88. The maximum atomic E-state index is 5.96. The van der Waals surface area contributed by atoms with E-state index in [0.717, 1.165) is 0 Å². The van der Waals surface area contributed by atoms with E-state index in [9.17, 15) is 0 Å². The summed E-state index contributed by atoms with van der Waals surface area (Å²) in [6.07, 6.45) is 4.77. The largest absolute Gasteiger partial charge is 0.373 e. The van der Waals surface area contributed by atoms with Gasteiger partial charge in [-0.25, -0.2) is 0 Å². The molecular weight excluding hydrogens is 200 g/mol. The Bertz CT molecular complexity index is 178. The van der Waals surface area contributed by atoms with Crippen molar-refractivity contribution in [2.24, 2.45) is 0 Å². The summed E-state index contributed by atoms with van der Waals surface area (Å²) in [5, 5.41) is 0. The highest BCUT2D eigenvalue weighted by Gasteiger charge is 2.48. The van der Waals surface area contributed by atoms with Gasteiger partial charge >= 0.3 is 0 Å². The van der Waals surface area contributed by atoms with Crippen LogP contribution in [0.25, 0.3) is 0 Å². The Morgan fingerprint density at radius 1 is 1.38 bits per heavy atom. The summed E-state index contributed by atoms with van der Waals surface area (Å²) in [7, 11) is 0. The summed E-state index contributed by atoms with van der Waals surface area (Å²) in [4.78, 5) is 0. The minimum atomic E-state index is 0.423. The van der Waals surface area contributed by atoms with E-state index < -0.39 is 0 Å². The molecule has 1 nitrogen and oxygen atoms in total. The summed E-state index contributed by atoms with van der Waals surface area (Å²) in [6.45, 7) is 4.47. The number of hydrogen-bond acceptors (Lipinski definition) is 3. The van der Waals surface area contributed by atoms with Crippen molar-refractivity contribution in [3.05, 3.63) is 0 Å². The Balaban J connectivity index is 2.09. The van der Waals surface area contributed by atoms with Gasteiger partial charge in [0.05, 0.1) is 16.3 Å². The van der Waals surface area contributed by atoms with E-state index in [0.29, 0.717) is 16.3 Å². The van der Waals surface area contributed by atoms with E-state index in [2.05, 4.69) is 37.4 Å². The van der Waals surface area contributed by atoms with E-state index in [-0.39, 0.29) is 0 Å². The fraction of sp³-hybridized carbons (Fsp3) is 1.00. The fourth-order valence-corrected chi connectivity index (χ4v) is 6.07. The van der Waals surface area contributed by atoms with Gasteiger partial charge in [0.15, 0.2) is 0 Å². The van der Waals surface area contributed by atoms with Crippen LogP contribution in [0.4, 0.5) is 0 Å². The minimum absolute atomic E-state index is 0.423. The first-order valence-electron chi connectivity index (χ1n) is 5.20. The molecule has 0 aromatic carbocycles. The van der Waals surface area contributed by atoms with Crippen LogP contribution in [-0.2, 0) is 4.74 Å². The first-order valence-corrected chi connectivity index (χ1v) is 7.17. The van der Waals surface area contributed by atoms with E-state index in [1.807, 2.05) is 0 Å². The molecule has 0 amide bonds. The van der Waals surface area contributed by atoms with Crippen molar-refractivity contribution in [2.45, 2.75) is 49.4 Å². The number of rotatable bonds is 1. The molecule has 2 aliphatic heterocycles. The summed E-state index contributed by atoms with van der Waals surface area (Å²) < 4.78 is 6.39. The molecule has 0 aromatic heterocycles. The normalized spacial score (nSPS) is 38.3. The molecule has 1 spiro atoms. The molecule has 0 unspecified atom stereocenters. The van der Waals surface area contributed by atoms with Gasteiger partial charge in [0.25, 0.3) is 0 Å². The van der Waals surface area contributed by atoms with Gasteiger partial charge in [-0.3, -0.25) is 0 Å². The molecule has 13 heavy (non-hydrogen) atoms. The zero-order valence-corrected chi connectivity index (χ0v) is 10.0. The average molecular weight is 218 g/mol. The Morgan fingerprint density at radius 2 is 2.08 bits per heavy atom. The van der Waals surface area contributed by atoms with Gasteiger partial charge in [-0.1, -0.05) is 6.92 Å². The summed E-state index contributed by atoms with van der Waals surface area (Å²) in [5.41, 5.74) is 0. The van der Waals surface area contributed by atoms with Crippen molar-refractivity contribution in [3.8, 4) is 0 Å². The maximum absolute atomic E-state index is 5.96. The standard InChI is InChI=1S/C10H18OS2/c1-3-9-10(7-8(2)11-9)12-5-4-6-13-10/h8-9H,3-7H2,1-2H3/t8-,9-/m1/s1. The highest BCUT2D eigenvalue weighted by atomic mass is 32.2. The predicted molar refractivity (Wildman–Crippen MR) is 61.5 cm³/mol. The second-order valence-electron chi connectivity index (χ2n) is 3.91. The Labute approximate surface area is 89.4 Å². The Morgan fingerprint density at radius 3 is 2.69 bits per heavy atom. The molecule has 0 bridgehead atoms. The van der Waals surface area contributed by atoms with Crippen LogP contribution in [0.3, 0.4) is 0 Å². The zero-order valence-electron chi connectivity index (χ0n) is 8.41. The van der Waals surface area contributed by atoms with Gasteiger partial charge in [0.2, 0.25) is 0 Å². The average Bonchev–Trinajstić information content (AvgIpc) is 2.43. The van der Waals surface area contributed by atoms with Crippen molar-refractivity contribution < 1.29 is 4.74 Å². The molecule has 2 rings (SSSR count). The minimum Gasteiger partial charge on any atom is -0.373 e. The Kier molecular flexibility index (Phi) is 3.16. The van der Waals surface area contributed by atoms with Gasteiger partial charge in [-0.2, -0.15) is 0 Å². The van der Waals surface area contributed by atoms with Crippen molar-refractivity contribution in [1.29, 1.82) is 0 Å². The molecule has 76 valence electrons. The van der Waals surface area contributed by atoms with Crippen molar-refractivity contribution in [3.63, 3.8) is 0 Å². The third-order valence-corrected chi connectivity index (χ3v) is 6.34. The van der Waals surface area contributed by atoms with Crippen LogP contribution in [0.2, 0.25) is 0 Å². The van der Waals surface area contributed by atoms with Crippen LogP contribution >= 0.6 is 23.5 Å². The van der Waals surface area contributed by atoms with Crippen LogP contribution in [-0.4, -0.2) is 27.8 Å². The second-order valence-corrected chi connectivity index (χ2v) is 7.02. The van der Waals surface area contributed by atoms with Crippen LogP contribution < -0.4 is 0 Å². The monoisotopic (exact) mass is 218 g/mol. The highest BCUT2D eigenvalue weighted by Crippen LogP contribution is 2.53. The highest BCUT2D eigenvalue weighted by molar-refractivity contribution is 8.18. The summed E-state index contributed by atoms with van der Waals surface area (Å²) in [5.74, 6) is 2.67. The smallest absolute Gasteiger partial charge is 0.0895 e. The number of ether oxygens (including phenoxy) is 1. The lowest BCUT2D eigenvalue weighted by Crippen LogP contribution is -2.33. The lowest BCUT2D eigenvalue weighted by Gasteiger charge is -2.35. The molecule has 0 aromatic rings. The van der Waals surface area contributed by atoms with Crippen molar-refractivity contribution in [2.75, 3.05) is 11.5 Å². The number of hydrogen-bond donors (Lipinski definition) is 0. The van der Waals surface area contributed by atoms with Gasteiger partial charge in [-0.05, 0) is 37.7 Å². The van der Waals surface area contributed by atoms with E-state index in [1.165, 1.54) is 30.8 Å². The maximum Gasteiger partial charge on any atom is 0.0895 e. The quantitative estimate of drug-likeness (QED) is 0.669. The molecule has 2 saturated heterocycles. The molecule has 2 atom stereocenters. The molecule has 2 heterocycles. The van der Waals surface area contributed by atoms with Crippen molar-refractivity contribution >= 4 is 23.5 Å². The van der Waals surface area contributed by atoms with E-state index in [1.54, 1.807) is 0 Å². The summed E-state index contributed by atoms with van der Waals surface area (Å²) >= 11 is 4.30. The fourth-order valence-electron chi connectivity index (χ4n) is 2.27. The van der Waals surface area contributed by atoms with E-state index in [4.69, 9.17) is 4.74 Å². The van der Waals surface area contributed by atoms with Crippen LogP contribution in [0.15, 0.2) is 0 Å². The summed E-state index contributed by atoms with van der Waals surface area (Å²) in [6, 6.07) is 0. The lowest BCUT2D eigenvalue weighted by atomic mass is 10.1. The van der Waals surface area contributed by atoms with Crippen molar-refractivity contribution in [1.82, 2.24) is 0 Å².